The largest absolute Gasteiger partial charge is 0.206 e. The summed E-state index contributed by atoms with van der Waals surface area (Å²) in [6.07, 6.45) is 0. The summed E-state index contributed by atoms with van der Waals surface area (Å²) in [6, 6.07) is 12.4. The van der Waals surface area contributed by atoms with E-state index in [0.717, 1.165) is 29.3 Å². The van der Waals surface area contributed by atoms with Crippen molar-refractivity contribution in [2.24, 2.45) is 0 Å². The van der Waals surface area contributed by atoms with Gasteiger partial charge >= 0.3 is 0 Å². The van der Waals surface area contributed by atoms with Crippen LogP contribution in [-0.4, -0.2) is 39.2 Å². The molecule has 0 aliphatic carbocycles. The summed E-state index contributed by atoms with van der Waals surface area (Å²) in [5, 5.41) is 0. The molecule has 4 aromatic heterocycles. The van der Waals surface area contributed by atoms with Crippen LogP contribution in [0, 0.1) is 34.4 Å². The van der Waals surface area contributed by atoms with E-state index in [1.54, 1.807) is 34.0 Å². The standard InChI is InChI=1S/C30H33N3S3Si3/c1-37(2,3)19-16-22-10-13-25(34-22)28-31-29(26-14-11-23(35-26)17-20-38(4,5)6)33-30(32-28)27-15-12-24(36-27)18-21-39(7,8)9/h10-15H,1-9H3. The molecule has 4 heterocycles. The number of thiophene rings is 3. The van der Waals surface area contributed by atoms with Crippen LogP contribution >= 0.6 is 34.0 Å². The second kappa shape index (κ2) is 11.5. The van der Waals surface area contributed by atoms with E-state index < -0.39 is 24.2 Å². The van der Waals surface area contributed by atoms with Crippen molar-refractivity contribution in [1.29, 1.82) is 0 Å². The third-order valence-electron chi connectivity index (χ3n) is 4.80. The average Bonchev–Trinajstić information content (AvgIpc) is 3.59. The Hall–Kier alpha value is -2.56. The quantitative estimate of drug-likeness (QED) is 0.171. The van der Waals surface area contributed by atoms with Gasteiger partial charge in [-0.05, 0) is 36.4 Å². The molecule has 0 saturated heterocycles. The van der Waals surface area contributed by atoms with Crippen LogP contribution in [0.4, 0.5) is 0 Å². The number of hydrogen-bond acceptors (Lipinski definition) is 6. The summed E-state index contributed by atoms with van der Waals surface area (Å²) in [5.41, 5.74) is 10.4. The van der Waals surface area contributed by atoms with Crippen molar-refractivity contribution < 1.29 is 0 Å². The summed E-state index contributed by atoms with van der Waals surface area (Å²) < 4.78 is 0. The molecule has 9 heteroatoms. The summed E-state index contributed by atoms with van der Waals surface area (Å²) in [4.78, 5) is 20.9. The summed E-state index contributed by atoms with van der Waals surface area (Å²) in [5.74, 6) is 12.1. The lowest BCUT2D eigenvalue weighted by molar-refractivity contribution is 1.09. The normalized spacial score (nSPS) is 11.6. The molecule has 0 unspecified atom stereocenters. The predicted molar refractivity (Wildman–Crippen MR) is 180 cm³/mol. The topological polar surface area (TPSA) is 38.7 Å². The molecule has 0 saturated carbocycles. The fourth-order valence-electron chi connectivity index (χ4n) is 3.03. The predicted octanol–water partition coefficient (Wildman–Crippen LogP) is 8.74. The SMILES string of the molecule is C[Si](C)(C)C#Cc1ccc(-c2nc(-c3ccc(C#C[Si](C)(C)C)s3)nc(-c3ccc(C#C[Si](C)(C)C)s3)n2)s1. The third kappa shape index (κ3) is 8.98. The van der Waals surface area contributed by atoms with Gasteiger partial charge in [-0.25, -0.2) is 15.0 Å². The van der Waals surface area contributed by atoms with Crippen molar-refractivity contribution >= 4 is 58.2 Å². The molecule has 0 atom stereocenters. The first-order valence-corrected chi connectivity index (χ1v) is 25.7. The summed E-state index contributed by atoms with van der Waals surface area (Å²) in [7, 11) is -4.38. The Morgan fingerprint density at radius 3 is 0.923 bits per heavy atom. The molecule has 0 bridgehead atoms. The fraction of sp³-hybridized carbons (Fsp3) is 0.300. The first-order valence-electron chi connectivity index (χ1n) is 12.8. The molecule has 39 heavy (non-hydrogen) atoms. The molecule has 4 aromatic rings. The molecule has 3 nitrogen and oxygen atoms in total. The zero-order valence-corrected chi connectivity index (χ0v) is 29.5. The lowest BCUT2D eigenvalue weighted by Crippen LogP contribution is -2.16. The van der Waals surface area contributed by atoms with Crippen molar-refractivity contribution in [1.82, 2.24) is 15.0 Å². The van der Waals surface area contributed by atoms with Crippen molar-refractivity contribution in [2.45, 2.75) is 58.9 Å². The van der Waals surface area contributed by atoms with Crippen molar-refractivity contribution in [3.05, 3.63) is 51.0 Å². The molecule has 0 N–H and O–H groups in total. The fourth-order valence-corrected chi connectivity index (χ4v) is 7.21. The molecule has 0 aliphatic rings. The van der Waals surface area contributed by atoms with E-state index in [9.17, 15) is 0 Å². The van der Waals surface area contributed by atoms with E-state index in [1.807, 2.05) is 0 Å². The van der Waals surface area contributed by atoms with Gasteiger partial charge in [0, 0.05) is 0 Å². The van der Waals surface area contributed by atoms with Gasteiger partial charge in [-0.2, -0.15) is 0 Å². The van der Waals surface area contributed by atoms with Crippen molar-refractivity contribution in [3.8, 4) is 66.5 Å². The first kappa shape index (κ1) is 29.4. The minimum Gasteiger partial charge on any atom is -0.206 e. The van der Waals surface area contributed by atoms with Crippen molar-refractivity contribution in [3.63, 3.8) is 0 Å². The second-order valence-electron chi connectivity index (χ2n) is 12.3. The maximum absolute atomic E-state index is 4.92. The van der Waals surface area contributed by atoms with Crippen LogP contribution in [0.5, 0.6) is 0 Å². The van der Waals surface area contributed by atoms with Gasteiger partial charge in [0.15, 0.2) is 17.5 Å². The van der Waals surface area contributed by atoms with E-state index in [1.165, 1.54) is 0 Å². The van der Waals surface area contributed by atoms with Gasteiger partial charge in [0.1, 0.15) is 24.2 Å². The second-order valence-corrected chi connectivity index (χ2v) is 29.8. The van der Waals surface area contributed by atoms with Crippen LogP contribution in [0.3, 0.4) is 0 Å². The number of nitrogens with zero attached hydrogens (tertiary/aromatic N) is 3. The van der Waals surface area contributed by atoms with Crippen LogP contribution in [-0.2, 0) is 0 Å². The Kier molecular flexibility index (Phi) is 8.68. The van der Waals surface area contributed by atoms with Crippen LogP contribution in [0.2, 0.25) is 58.9 Å². The van der Waals surface area contributed by atoms with E-state index in [2.05, 4.69) is 130 Å². The van der Waals surface area contributed by atoms with Gasteiger partial charge in [-0.1, -0.05) is 76.7 Å². The average molecular weight is 616 g/mol. The zero-order chi connectivity index (χ0) is 28.4. The highest BCUT2D eigenvalue weighted by molar-refractivity contribution is 7.17. The molecule has 0 fully saturated rings. The minimum atomic E-state index is -1.46. The zero-order valence-electron chi connectivity index (χ0n) is 24.0. The van der Waals surface area contributed by atoms with Gasteiger partial charge in [-0.3, -0.25) is 0 Å². The minimum absolute atomic E-state index is 0.673. The van der Waals surface area contributed by atoms with Gasteiger partial charge in [0.05, 0.1) is 29.3 Å². The van der Waals surface area contributed by atoms with Crippen LogP contribution in [0.15, 0.2) is 36.4 Å². The number of rotatable bonds is 3. The lowest BCUT2D eigenvalue weighted by atomic mass is 10.3. The van der Waals surface area contributed by atoms with E-state index in [0.29, 0.717) is 17.5 Å². The van der Waals surface area contributed by atoms with E-state index in [-0.39, 0.29) is 0 Å². The van der Waals surface area contributed by atoms with Crippen molar-refractivity contribution in [2.75, 3.05) is 0 Å². The molecular weight excluding hydrogens is 583 g/mol. The van der Waals surface area contributed by atoms with Crippen LogP contribution < -0.4 is 0 Å². The van der Waals surface area contributed by atoms with Gasteiger partial charge in [0.25, 0.3) is 0 Å². The molecule has 0 amide bonds. The Morgan fingerprint density at radius 2 is 0.692 bits per heavy atom. The van der Waals surface area contributed by atoms with Gasteiger partial charge in [-0.15, -0.1) is 50.6 Å². The van der Waals surface area contributed by atoms with Crippen LogP contribution in [0.25, 0.3) is 32.1 Å². The van der Waals surface area contributed by atoms with Crippen LogP contribution in [0.1, 0.15) is 14.6 Å². The molecule has 0 radical (unpaired) electrons. The highest BCUT2D eigenvalue weighted by Gasteiger charge is 2.17. The molecular formula is C30H33N3S3Si3. The molecule has 198 valence electrons. The summed E-state index contributed by atoms with van der Waals surface area (Å²) >= 11 is 4.90. The molecule has 4 rings (SSSR count). The molecule has 0 aliphatic heterocycles. The Balaban J connectivity index is 1.78. The maximum atomic E-state index is 4.92. The van der Waals surface area contributed by atoms with E-state index in [4.69, 9.17) is 15.0 Å². The highest BCUT2D eigenvalue weighted by Crippen LogP contribution is 2.33. The maximum Gasteiger partial charge on any atom is 0.174 e. The molecule has 0 aromatic carbocycles. The number of aromatic nitrogens is 3. The van der Waals surface area contributed by atoms with Gasteiger partial charge < -0.3 is 0 Å². The molecule has 0 spiro atoms. The first-order chi connectivity index (χ1) is 18.1. The monoisotopic (exact) mass is 615 g/mol. The number of hydrogen-bond donors (Lipinski definition) is 0. The Labute approximate surface area is 248 Å². The summed E-state index contributed by atoms with van der Waals surface area (Å²) in [6.45, 7) is 20.3. The Bertz CT molecular complexity index is 1480. The smallest absolute Gasteiger partial charge is 0.174 e. The highest BCUT2D eigenvalue weighted by atomic mass is 32.1. The Morgan fingerprint density at radius 1 is 0.436 bits per heavy atom. The lowest BCUT2D eigenvalue weighted by Gasteiger charge is -2.04. The van der Waals surface area contributed by atoms with Gasteiger partial charge in [0.2, 0.25) is 0 Å². The third-order valence-corrected chi connectivity index (χ3v) is 10.4. The van der Waals surface area contributed by atoms with E-state index >= 15 is 0 Å².